The highest BCUT2D eigenvalue weighted by molar-refractivity contribution is 7.16. The highest BCUT2D eigenvalue weighted by Crippen LogP contribution is 2.30. The average Bonchev–Trinajstić information content (AvgIpc) is 3.05. The fourth-order valence-corrected chi connectivity index (χ4v) is 3.26. The van der Waals surface area contributed by atoms with Crippen molar-refractivity contribution in [2.45, 2.75) is 27.2 Å². The number of anilines is 1. The number of hydrogen-bond donors (Lipinski definition) is 1. The third-order valence-electron chi connectivity index (χ3n) is 3.68. The van der Waals surface area contributed by atoms with Crippen molar-refractivity contribution >= 4 is 22.4 Å². The van der Waals surface area contributed by atoms with Gasteiger partial charge in [-0.15, -0.1) is 11.3 Å². The molecule has 0 bridgehead atoms. The summed E-state index contributed by atoms with van der Waals surface area (Å²) in [5.41, 5.74) is 3.06. The number of aromatic nitrogens is 2. The zero-order valence-electron chi connectivity index (χ0n) is 13.5. The van der Waals surface area contributed by atoms with Gasteiger partial charge in [0, 0.05) is 16.0 Å². The average molecular weight is 345 g/mol. The van der Waals surface area contributed by atoms with Crippen LogP contribution in [0.25, 0.3) is 11.3 Å². The second kappa shape index (κ2) is 6.52. The maximum Gasteiger partial charge on any atom is 0.230 e. The van der Waals surface area contributed by atoms with Crippen LogP contribution in [0.1, 0.15) is 21.9 Å². The van der Waals surface area contributed by atoms with E-state index >= 15 is 0 Å². The van der Waals surface area contributed by atoms with E-state index in [1.54, 1.807) is 26.0 Å². The lowest BCUT2D eigenvalue weighted by molar-refractivity contribution is -0.115. The zero-order chi connectivity index (χ0) is 17.3. The minimum Gasteiger partial charge on any atom is -0.361 e. The summed E-state index contributed by atoms with van der Waals surface area (Å²) in [7, 11) is 0. The molecule has 0 saturated carbocycles. The molecule has 0 aliphatic heterocycles. The Balaban J connectivity index is 1.75. The van der Waals surface area contributed by atoms with Crippen LogP contribution in [-0.2, 0) is 11.2 Å². The number of nitrogens with one attached hydrogen (secondary N) is 1. The highest BCUT2D eigenvalue weighted by Gasteiger charge is 2.16. The number of hydrogen-bond acceptors (Lipinski definition) is 5. The fourth-order valence-electron chi connectivity index (χ4n) is 2.40. The monoisotopic (exact) mass is 345 g/mol. The van der Waals surface area contributed by atoms with Crippen molar-refractivity contribution < 1.29 is 13.7 Å². The lowest BCUT2D eigenvalue weighted by Crippen LogP contribution is -2.15. The van der Waals surface area contributed by atoms with Gasteiger partial charge in [0.1, 0.15) is 11.6 Å². The van der Waals surface area contributed by atoms with Crippen LogP contribution in [0.2, 0.25) is 0 Å². The van der Waals surface area contributed by atoms with Crippen LogP contribution < -0.4 is 5.32 Å². The largest absolute Gasteiger partial charge is 0.361 e. The molecular weight excluding hydrogens is 329 g/mol. The molecule has 3 aromatic rings. The van der Waals surface area contributed by atoms with E-state index in [9.17, 15) is 9.18 Å². The van der Waals surface area contributed by atoms with Gasteiger partial charge in [-0.3, -0.25) is 4.79 Å². The Hall–Kier alpha value is -2.54. The number of amides is 1. The van der Waals surface area contributed by atoms with Crippen molar-refractivity contribution in [3.05, 3.63) is 52.0 Å². The van der Waals surface area contributed by atoms with Crippen molar-refractivity contribution in [2.24, 2.45) is 0 Å². The third-order valence-corrected chi connectivity index (χ3v) is 4.57. The number of benzene rings is 1. The van der Waals surface area contributed by atoms with E-state index in [0.29, 0.717) is 16.6 Å². The molecule has 1 N–H and O–H groups in total. The van der Waals surface area contributed by atoms with Gasteiger partial charge in [-0.1, -0.05) is 5.16 Å². The molecule has 0 radical (unpaired) electrons. The van der Waals surface area contributed by atoms with Crippen molar-refractivity contribution in [3.63, 3.8) is 0 Å². The second-order valence-corrected chi connectivity index (χ2v) is 6.66. The van der Waals surface area contributed by atoms with Crippen LogP contribution >= 0.6 is 11.3 Å². The number of carbonyl (C=O) groups is 1. The minimum atomic E-state index is -0.292. The van der Waals surface area contributed by atoms with Crippen LogP contribution in [-0.4, -0.2) is 16.0 Å². The Morgan fingerprint density at radius 1 is 1.25 bits per heavy atom. The first-order chi connectivity index (χ1) is 11.4. The summed E-state index contributed by atoms with van der Waals surface area (Å²) in [4.78, 5) is 17.6. The summed E-state index contributed by atoms with van der Waals surface area (Å²) in [5.74, 6) is 0.174. The maximum absolute atomic E-state index is 13.0. The van der Waals surface area contributed by atoms with Gasteiger partial charge in [-0.2, -0.15) is 0 Å². The minimum absolute atomic E-state index is 0.177. The van der Waals surface area contributed by atoms with Crippen LogP contribution in [0.5, 0.6) is 0 Å². The molecule has 0 fully saturated rings. The number of nitrogens with zero attached hydrogens (tertiary/aromatic N) is 2. The standard InChI is InChI=1S/C17H16FN3O2S/c1-9-14(10(2)23-21-9)8-15(22)19-17-20-16(11(3)24-17)12-4-6-13(18)7-5-12/h4-7H,8H2,1-3H3,(H,19,20,22). The molecule has 0 unspecified atom stereocenters. The molecule has 0 saturated heterocycles. The fraction of sp³-hybridized carbons (Fsp3) is 0.235. The second-order valence-electron chi connectivity index (χ2n) is 5.46. The third kappa shape index (κ3) is 3.35. The van der Waals surface area contributed by atoms with Crippen LogP contribution in [0, 0.1) is 26.6 Å². The topological polar surface area (TPSA) is 68.0 Å². The Morgan fingerprint density at radius 2 is 1.96 bits per heavy atom. The summed E-state index contributed by atoms with van der Waals surface area (Å²) in [6.45, 7) is 5.50. The molecule has 124 valence electrons. The molecule has 1 aromatic carbocycles. The van der Waals surface area contributed by atoms with Gasteiger partial charge >= 0.3 is 0 Å². The number of aryl methyl sites for hydroxylation is 3. The predicted octanol–water partition coefficient (Wildman–Crippen LogP) is 4.04. The Kier molecular flexibility index (Phi) is 4.44. The molecule has 2 heterocycles. The maximum atomic E-state index is 13.0. The first kappa shape index (κ1) is 16.3. The van der Waals surface area contributed by atoms with Gasteiger partial charge in [0.2, 0.25) is 5.91 Å². The smallest absolute Gasteiger partial charge is 0.230 e. The van der Waals surface area contributed by atoms with E-state index in [1.165, 1.54) is 23.5 Å². The van der Waals surface area contributed by atoms with Gasteiger partial charge in [0.15, 0.2) is 5.13 Å². The number of thiazole rings is 1. The van der Waals surface area contributed by atoms with Crippen LogP contribution in [0.4, 0.5) is 9.52 Å². The lowest BCUT2D eigenvalue weighted by Gasteiger charge is -2.01. The SMILES string of the molecule is Cc1noc(C)c1CC(=O)Nc1nc(-c2ccc(F)cc2)c(C)s1. The molecule has 0 aliphatic rings. The molecule has 2 aromatic heterocycles. The van der Waals surface area contributed by atoms with E-state index in [4.69, 9.17) is 4.52 Å². The lowest BCUT2D eigenvalue weighted by atomic mass is 10.1. The number of halogens is 1. The molecule has 0 atom stereocenters. The van der Waals surface area contributed by atoms with Crippen LogP contribution in [0.3, 0.4) is 0 Å². The first-order valence-corrected chi connectivity index (χ1v) is 8.20. The summed E-state index contributed by atoms with van der Waals surface area (Å²) in [6.07, 6.45) is 0.186. The van der Waals surface area contributed by atoms with Crippen molar-refractivity contribution in [3.8, 4) is 11.3 Å². The van der Waals surface area contributed by atoms with Crippen molar-refractivity contribution in [1.29, 1.82) is 0 Å². The molecular formula is C17H16FN3O2S. The van der Waals surface area contributed by atoms with Gasteiger partial charge < -0.3 is 9.84 Å². The summed E-state index contributed by atoms with van der Waals surface area (Å²) in [6, 6.07) is 6.13. The Bertz CT molecular complexity index is 864. The Labute approximate surface area is 142 Å². The van der Waals surface area contributed by atoms with E-state index in [-0.39, 0.29) is 18.1 Å². The first-order valence-electron chi connectivity index (χ1n) is 7.39. The molecule has 5 nitrogen and oxygen atoms in total. The van der Waals surface area contributed by atoms with Crippen molar-refractivity contribution in [2.75, 3.05) is 5.32 Å². The van der Waals surface area contributed by atoms with E-state index in [0.717, 1.165) is 21.7 Å². The molecule has 24 heavy (non-hydrogen) atoms. The normalized spacial score (nSPS) is 10.8. The van der Waals surface area contributed by atoms with E-state index in [2.05, 4.69) is 15.5 Å². The van der Waals surface area contributed by atoms with E-state index in [1.807, 2.05) is 6.92 Å². The summed E-state index contributed by atoms with van der Waals surface area (Å²) < 4.78 is 18.1. The summed E-state index contributed by atoms with van der Waals surface area (Å²) >= 11 is 1.39. The van der Waals surface area contributed by atoms with Crippen molar-refractivity contribution in [1.82, 2.24) is 10.1 Å². The van der Waals surface area contributed by atoms with Crippen LogP contribution in [0.15, 0.2) is 28.8 Å². The molecule has 0 aliphatic carbocycles. The Morgan fingerprint density at radius 3 is 2.58 bits per heavy atom. The molecule has 1 amide bonds. The molecule has 3 rings (SSSR count). The van der Waals surface area contributed by atoms with Gasteiger partial charge in [0.25, 0.3) is 0 Å². The predicted molar refractivity (Wildman–Crippen MR) is 90.6 cm³/mol. The van der Waals surface area contributed by atoms with E-state index < -0.39 is 0 Å². The zero-order valence-corrected chi connectivity index (χ0v) is 14.3. The van der Waals surface area contributed by atoms with Gasteiger partial charge in [-0.25, -0.2) is 9.37 Å². The van der Waals surface area contributed by atoms with Gasteiger partial charge in [0.05, 0.1) is 17.8 Å². The quantitative estimate of drug-likeness (QED) is 0.775. The summed E-state index contributed by atoms with van der Waals surface area (Å²) in [5, 5.41) is 7.16. The number of carbonyl (C=O) groups excluding carboxylic acids is 1. The highest BCUT2D eigenvalue weighted by atomic mass is 32.1. The molecule has 0 spiro atoms. The van der Waals surface area contributed by atoms with Gasteiger partial charge in [-0.05, 0) is 45.0 Å². The number of rotatable bonds is 4. The molecule has 7 heteroatoms.